The van der Waals surface area contributed by atoms with Gasteiger partial charge in [0.15, 0.2) is 0 Å². The number of rotatable bonds is 8. The number of carbonyl (C=O) groups excluding carboxylic acids is 1. The molecule has 2 fully saturated rings. The topological polar surface area (TPSA) is 103 Å². The minimum atomic E-state index is -2.96. The van der Waals surface area contributed by atoms with Crippen molar-refractivity contribution in [2.45, 2.75) is 26.2 Å². The Bertz CT molecular complexity index is 1590. The van der Waals surface area contributed by atoms with Gasteiger partial charge in [-0.2, -0.15) is 14.0 Å². The SMILES string of the molecule is N#Cc1ccc2nc(COc3ccnc(N4CC5(COC5)CC4=O)c3)n(Cc3ccccc3OC(F)F)c2c1. The lowest BCUT2D eigenvalue weighted by molar-refractivity contribution is -0.126. The van der Waals surface area contributed by atoms with E-state index in [1.165, 1.54) is 6.07 Å². The first-order valence-corrected chi connectivity index (χ1v) is 12.3. The first-order chi connectivity index (χ1) is 18.9. The van der Waals surface area contributed by atoms with Crippen LogP contribution in [0.25, 0.3) is 11.0 Å². The van der Waals surface area contributed by atoms with Gasteiger partial charge in [-0.3, -0.25) is 9.69 Å². The summed E-state index contributed by atoms with van der Waals surface area (Å²) in [6.45, 7) is -1.06. The number of benzene rings is 2. The molecule has 0 aliphatic carbocycles. The molecule has 4 aromatic rings. The van der Waals surface area contributed by atoms with Crippen LogP contribution in [-0.2, 0) is 22.7 Å². The number of imidazole rings is 1. The smallest absolute Gasteiger partial charge is 0.387 e. The van der Waals surface area contributed by atoms with Crippen LogP contribution in [0.1, 0.15) is 23.4 Å². The highest BCUT2D eigenvalue weighted by Gasteiger charge is 2.49. The molecular formula is C28H23F2N5O4. The summed E-state index contributed by atoms with van der Waals surface area (Å²) in [5.74, 6) is 1.58. The quantitative estimate of drug-likeness (QED) is 0.334. The Labute approximate surface area is 222 Å². The van der Waals surface area contributed by atoms with E-state index in [4.69, 9.17) is 14.2 Å². The Morgan fingerprint density at radius 2 is 2.00 bits per heavy atom. The van der Waals surface area contributed by atoms with E-state index in [-0.39, 0.29) is 30.2 Å². The average molecular weight is 532 g/mol. The van der Waals surface area contributed by atoms with Gasteiger partial charge in [0.25, 0.3) is 0 Å². The van der Waals surface area contributed by atoms with Gasteiger partial charge in [0.2, 0.25) is 5.91 Å². The molecule has 0 radical (unpaired) electrons. The third kappa shape index (κ3) is 4.86. The van der Waals surface area contributed by atoms with Crippen LogP contribution in [0, 0.1) is 16.7 Å². The number of aromatic nitrogens is 3. The molecule has 0 saturated carbocycles. The van der Waals surface area contributed by atoms with Crippen LogP contribution < -0.4 is 14.4 Å². The van der Waals surface area contributed by atoms with Crippen molar-refractivity contribution in [1.29, 1.82) is 5.26 Å². The highest BCUT2D eigenvalue weighted by molar-refractivity contribution is 5.95. The molecule has 0 bridgehead atoms. The number of ether oxygens (including phenoxy) is 3. The molecule has 11 heteroatoms. The summed E-state index contributed by atoms with van der Waals surface area (Å²) in [6, 6.07) is 17.2. The van der Waals surface area contributed by atoms with Crippen LogP contribution >= 0.6 is 0 Å². The Hall–Kier alpha value is -4.56. The van der Waals surface area contributed by atoms with E-state index in [1.54, 1.807) is 59.6 Å². The zero-order valence-corrected chi connectivity index (χ0v) is 20.7. The number of hydrogen-bond acceptors (Lipinski definition) is 7. The fourth-order valence-corrected chi connectivity index (χ4v) is 5.02. The van der Waals surface area contributed by atoms with E-state index in [2.05, 4.69) is 16.0 Å². The summed E-state index contributed by atoms with van der Waals surface area (Å²) < 4.78 is 44.0. The van der Waals surface area contributed by atoms with Crippen LogP contribution in [0.4, 0.5) is 14.6 Å². The maximum atomic E-state index is 13.0. The number of nitrogens with zero attached hydrogens (tertiary/aromatic N) is 5. The lowest BCUT2D eigenvalue weighted by atomic mass is 9.85. The number of alkyl halides is 2. The largest absolute Gasteiger partial charge is 0.485 e. The van der Waals surface area contributed by atoms with Gasteiger partial charge in [-0.25, -0.2) is 9.97 Å². The molecular weight excluding hydrogens is 508 g/mol. The highest BCUT2D eigenvalue weighted by atomic mass is 19.3. The van der Waals surface area contributed by atoms with E-state index in [9.17, 15) is 18.8 Å². The molecule has 2 aliphatic heterocycles. The molecule has 9 nitrogen and oxygen atoms in total. The number of carbonyl (C=O) groups is 1. The van der Waals surface area contributed by atoms with Gasteiger partial charge < -0.3 is 18.8 Å². The van der Waals surface area contributed by atoms with Crippen LogP contribution in [0.2, 0.25) is 0 Å². The number of amides is 1. The van der Waals surface area contributed by atoms with Crippen molar-refractivity contribution >= 4 is 22.8 Å². The molecule has 2 aromatic heterocycles. The lowest BCUT2D eigenvalue weighted by Crippen LogP contribution is -2.44. The Morgan fingerprint density at radius 1 is 1.15 bits per heavy atom. The maximum Gasteiger partial charge on any atom is 0.387 e. The number of pyridine rings is 1. The van der Waals surface area contributed by atoms with Crippen molar-refractivity contribution < 1.29 is 27.8 Å². The molecule has 1 spiro atoms. The van der Waals surface area contributed by atoms with Gasteiger partial charge >= 0.3 is 6.61 Å². The Morgan fingerprint density at radius 3 is 2.74 bits per heavy atom. The molecule has 1 amide bonds. The number of anilines is 1. The second kappa shape index (κ2) is 9.96. The predicted octanol–water partition coefficient (Wildman–Crippen LogP) is 4.28. The summed E-state index contributed by atoms with van der Waals surface area (Å²) in [5, 5.41) is 9.42. The summed E-state index contributed by atoms with van der Waals surface area (Å²) >= 11 is 0. The van der Waals surface area contributed by atoms with E-state index >= 15 is 0 Å². The van der Waals surface area contributed by atoms with Gasteiger partial charge in [0.05, 0.1) is 42.4 Å². The molecule has 4 heterocycles. The average Bonchev–Trinajstić information content (AvgIpc) is 3.46. The summed E-state index contributed by atoms with van der Waals surface area (Å²) in [4.78, 5) is 23.3. The van der Waals surface area contributed by atoms with Gasteiger partial charge in [-0.1, -0.05) is 18.2 Å². The normalized spacial score (nSPS) is 16.1. The summed E-state index contributed by atoms with van der Waals surface area (Å²) in [5.41, 5.74) is 2.12. The van der Waals surface area contributed by atoms with Crippen molar-refractivity contribution in [2.75, 3.05) is 24.7 Å². The molecule has 0 atom stereocenters. The van der Waals surface area contributed by atoms with Gasteiger partial charge in [-0.15, -0.1) is 0 Å². The Balaban J connectivity index is 1.28. The molecule has 2 aromatic carbocycles. The third-order valence-corrected chi connectivity index (χ3v) is 6.97. The van der Waals surface area contributed by atoms with Crippen molar-refractivity contribution in [3.63, 3.8) is 0 Å². The summed E-state index contributed by atoms with van der Waals surface area (Å²) in [7, 11) is 0. The minimum Gasteiger partial charge on any atom is -0.485 e. The minimum absolute atomic E-state index is 0.00252. The second-order valence-corrected chi connectivity index (χ2v) is 9.70. The highest BCUT2D eigenvalue weighted by Crippen LogP contribution is 2.40. The first-order valence-electron chi connectivity index (χ1n) is 12.3. The summed E-state index contributed by atoms with van der Waals surface area (Å²) in [6.07, 6.45) is 2.02. The molecule has 39 heavy (non-hydrogen) atoms. The molecule has 2 aliphatic rings. The molecule has 0 unspecified atom stereocenters. The molecule has 198 valence electrons. The molecule has 2 saturated heterocycles. The monoisotopic (exact) mass is 531 g/mol. The Kier molecular flexibility index (Phi) is 6.32. The number of hydrogen-bond donors (Lipinski definition) is 0. The van der Waals surface area contributed by atoms with E-state index in [0.717, 1.165) is 0 Å². The fourth-order valence-electron chi connectivity index (χ4n) is 5.02. The zero-order chi connectivity index (χ0) is 27.0. The van der Waals surface area contributed by atoms with E-state index in [0.29, 0.717) is 65.7 Å². The third-order valence-electron chi connectivity index (χ3n) is 6.97. The standard InChI is InChI=1S/C28H23F2N5O4/c29-27(30)39-23-4-2-1-3-19(23)13-34-22-9-18(12-31)5-6-21(22)33-25(34)14-38-20-7-8-32-24(10-20)35-15-28(11-26(35)36)16-37-17-28/h1-10,27H,11,13-17H2. The lowest BCUT2D eigenvalue weighted by Gasteiger charge is -2.36. The molecule has 6 rings (SSSR count). The maximum absolute atomic E-state index is 13.0. The van der Waals surface area contributed by atoms with Crippen LogP contribution in [-0.4, -0.2) is 46.8 Å². The number of para-hydroxylation sites is 1. The fraction of sp³-hybridized carbons (Fsp3) is 0.286. The van der Waals surface area contributed by atoms with Crippen molar-refractivity contribution in [2.24, 2.45) is 5.41 Å². The van der Waals surface area contributed by atoms with Crippen LogP contribution in [0.3, 0.4) is 0 Å². The van der Waals surface area contributed by atoms with Gasteiger partial charge in [0, 0.05) is 36.2 Å². The van der Waals surface area contributed by atoms with Gasteiger partial charge in [0.1, 0.15) is 29.7 Å². The van der Waals surface area contributed by atoms with Gasteiger partial charge in [-0.05, 0) is 30.3 Å². The van der Waals surface area contributed by atoms with Crippen LogP contribution in [0.5, 0.6) is 11.5 Å². The zero-order valence-electron chi connectivity index (χ0n) is 20.7. The van der Waals surface area contributed by atoms with E-state index < -0.39 is 6.61 Å². The number of nitriles is 1. The molecule has 0 N–H and O–H groups in total. The van der Waals surface area contributed by atoms with Crippen molar-refractivity contribution in [1.82, 2.24) is 14.5 Å². The van der Waals surface area contributed by atoms with E-state index in [1.807, 2.05) is 4.57 Å². The van der Waals surface area contributed by atoms with Crippen molar-refractivity contribution in [3.8, 4) is 17.6 Å². The first kappa shape index (κ1) is 24.8. The van der Waals surface area contributed by atoms with Crippen molar-refractivity contribution in [3.05, 3.63) is 77.7 Å². The predicted molar refractivity (Wildman–Crippen MR) is 135 cm³/mol. The second-order valence-electron chi connectivity index (χ2n) is 9.70. The number of halogens is 2. The number of fused-ring (bicyclic) bond motifs is 1. The van der Waals surface area contributed by atoms with Crippen LogP contribution in [0.15, 0.2) is 60.8 Å².